The predicted octanol–water partition coefficient (Wildman–Crippen LogP) is 3.35. The number of carboxylic acids is 1. The molecule has 0 saturated heterocycles. The van der Waals surface area contributed by atoms with Gasteiger partial charge in [-0.25, -0.2) is 0 Å². The monoisotopic (exact) mass is 256 g/mol. The molecule has 1 aliphatic rings. The molecule has 0 fully saturated rings. The fourth-order valence-corrected chi connectivity index (χ4v) is 3.14. The number of carbonyl (C=O) groups is 1. The number of aryl methyl sites for hydroxylation is 1. The van der Waals surface area contributed by atoms with E-state index >= 15 is 0 Å². The number of carboxylic acid groups (broad SMARTS) is 1. The van der Waals surface area contributed by atoms with Gasteiger partial charge in [0.15, 0.2) is 0 Å². The van der Waals surface area contributed by atoms with Gasteiger partial charge in [0, 0.05) is 5.56 Å². The van der Waals surface area contributed by atoms with Crippen molar-refractivity contribution in [3.8, 4) is 5.75 Å². The van der Waals surface area contributed by atoms with Crippen LogP contribution in [0.2, 0.25) is 0 Å². The van der Waals surface area contributed by atoms with Crippen molar-refractivity contribution in [3.05, 3.63) is 41.5 Å². The van der Waals surface area contributed by atoms with Crippen molar-refractivity contribution >= 4 is 16.7 Å². The van der Waals surface area contributed by atoms with Crippen LogP contribution in [0.25, 0.3) is 10.8 Å². The smallest absolute Gasteiger partial charge is 0.303 e. The van der Waals surface area contributed by atoms with Crippen LogP contribution in [0.3, 0.4) is 0 Å². The molecule has 3 nitrogen and oxygen atoms in total. The highest BCUT2D eigenvalue weighted by atomic mass is 16.5. The van der Waals surface area contributed by atoms with Gasteiger partial charge >= 0.3 is 5.97 Å². The number of benzene rings is 2. The van der Waals surface area contributed by atoms with E-state index in [1.165, 1.54) is 16.3 Å². The number of aliphatic carboxylic acids is 1. The molecular formula is C16H16O3. The zero-order valence-electron chi connectivity index (χ0n) is 10.8. The highest BCUT2D eigenvalue weighted by Crippen LogP contribution is 2.41. The van der Waals surface area contributed by atoms with Gasteiger partial charge in [-0.15, -0.1) is 0 Å². The molecule has 1 atom stereocenters. The van der Waals surface area contributed by atoms with E-state index in [9.17, 15) is 4.79 Å². The zero-order valence-corrected chi connectivity index (χ0v) is 10.8. The Morgan fingerprint density at radius 2 is 2.21 bits per heavy atom. The van der Waals surface area contributed by atoms with Crippen molar-refractivity contribution in [1.82, 2.24) is 0 Å². The molecule has 0 aromatic heterocycles. The summed E-state index contributed by atoms with van der Waals surface area (Å²) in [5, 5.41) is 11.4. The average Bonchev–Trinajstić information content (AvgIpc) is 2.41. The van der Waals surface area contributed by atoms with Gasteiger partial charge < -0.3 is 9.84 Å². The van der Waals surface area contributed by atoms with Crippen molar-refractivity contribution in [2.24, 2.45) is 0 Å². The quantitative estimate of drug-likeness (QED) is 0.916. The molecule has 0 unspecified atom stereocenters. The highest BCUT2D eigenvalue weighted by molar-refractivity contribution is 5.92. The maximum Gasteiger partial charge on any atom is 0.303 e. The van der Waals surface area contributed by atoms with Crippen LogP contribution in [-0.2, 0) is 11.2 Å². The number of ether oxygens (including phenoxy) is 1. The van der Waals surface area contributed by atoms with Gasteiger partial charge in [-0.1, -0.05) is 24.3 Å². The molecule has 2 aromatic rings. The maximum absolute atomic E-state index is 11.0. The Balaban J connectivity index is 2.22. The summed E-state index contributed by atoms with van der Waals surface area (Å²) in [7, 11) is 1.68. The number of hydrogen-bond donors (Lipinski definition) is 1. The van der Waals surface area contributed by atoms with E-state index in [1.807, 2.05) is 18.2 Å². The largest absolute Gasteiger partial charge is 0.496 e. The fraction of sp³-hybridized carbons (Fsp3) is 0.312. The van der Waals surface area contributed by atoms with E-state index < -0.39 is 5.97 Å². The lowest BCUT2D eigenvalue weighted by Gasteiger charge is -2.26. The Morgan fingerprint density at radius 1 is 1.37 bits per heavy atom. The first kappa shape index (κ1) is 12.0. The first-order valence-electron chi connectivity index (χ1n) is 6.51. The molecule has 1 aliphatic carbocycles. The molecule has 0 bridgehead atoms. The van der Waals surface area contributed by atoms with Gasteiger partial charge in [-0.05, 0) is 41.2 Å². The van der Waals surface area contributed by atoms with E-state index in [2.05, 4.69) is 12.1 Å². The first-order chi connectivity index (χ1) is 9.20. The minimum atomic E-state index is -0.728. The minimum absolute atomic E-state index is 0.112. The summed E-state index contributed by atoms with van der Waals surface area (Å²) < 4.78 is 5.43. The Hall–Kier alpha value is -2.03. The van der Waals surface area contributed by atoms with Gasteiger partial charge in [0.25, 0.3) is 0 Å². The third kappa shape index (κ3) is 1.95. The van der Waals surface area contributed by atoms with Crippen molar-refractivity contribution in [1.29, 1.82) is 0 Å². The molecule has 0 spiro atoms. The van der Waals surface area contributed by atoms with Crippen molar-refractivity contribution in [3.63, 3.8) is 0 Å². The highest BCUT2D eigenvalue weighted by Gasteiger charge is 2.25. The third-order valence-electron chi connectivity index (χ3n) is 3.97. The lowest BCUT2D eigenvalue weighted by atomic mass is 9.79. The molecule has 2 aromatic carbocycles. The van der Waals surface area contributed by atoms with Gasteiger partial charge in [0.2, 0.25) is 0 Å². The molecule has 0 saturated carbocycles. The lowest BCUT2D eigenvalue weighted by molar-refractivity contribution is -0.137. The Morgan fingerprint density at radius 3 is 2.95 bits per heavy atom. The van der Waals surface area contributed by atoms with Crippen LogP contribution in [0.15, 0.2) is 30.3 Å². The molecule has 3 rings (SSSR count). The SMILES string of the molecule is COc1ccc2cccc3c2c1CC[C@H]3CC(=O)O. The third-order valence-corrected chi connectivity index (χ3v) is 3.97. The second kappa shape index (κ2) is 4.57. The van der Waals surface area contributed by atoms with Crippen LogP contribution >= 0.6 is 0 Å². The summed E-state index contributed by atoms with van der Waals surface area (Å²) in [5.41, 5.74) is 2.37. The first-order valence-corrected chi connectivity index (χ1v) is 6.51. The van der Waals surface area contributed by atoms with E-state index in [4.69, 9.17) is 9.84 Å². The Labute approximate surface area is 111 Å². The van der Waals surface area contributed by atoms with Crippen LogP contribution in [0, 0.1) is 0 Å². The standard InChI is InChI=1S/C16H16O3/c1-19-14-8-6-10-3-2-4-12-11(9-15(17)18)5-7-13(14)16(10)12/h2-4,6,8,11H,5,7,9H2,1H3,(H,17,18)/t11-/m0/s1. The average molecular weight is 256 g/mol. The second-order valence-corrected chi connectivity index (χ2v) is 5.03. The van der Waals surface area contributed by atoms with Crippen LogP contribution in [0.4, 0.5) is 0 Å². The normalized spacial score (nSPS) is 17.4. The number of hydrogen-bond acceptors (Lipinski definition) is 2. The summed E-state index contributed by atoms with van der Waals surface area (Å²) in [6.07, 6.45) is 1.96. The number of rotatable bonds is 3. The summed E-state index contributed by atoms with van der Waals surface area (Å²) in [4.78, 5) is 11.0. The van der Waals surface area contributed by atoms with E-state index in [0.29, 0.717) is 0 Å². The summed E-state index contributed by atoms with van der Waals surface area (Å²) in [6.45, 7) is 0. The van der Waals surface area contributed by atoms with Crippen molar-refractivity contribution in [2.45, 2.75) is 25.2 Å². The van der Waals surface area contributed by atoms with E-state index in [0.717, 1.165) is 24.2 Å². The molecule has 98 valence electrons. The summed E-state index contributed by atoms with van der Waals surface area (Å²) in [5.74, 6) is 0.294. The van der Waals surface area contributed by atoms with E-state index in [1.54, 1.807) is 7.11 Å². The zero-order chi connectivity index (χ0) is 13.4. The van der Waals surface area contributed by atoms with Crippen LogP contribution in [0.1, 0.15) is 29.9 Å². The molecule has 19 heavy (non-hydrogen) atoms. The Kier molecular flexibility index (Phi) is 2.90. The van der Waals surface area contributed by atoms with Crippen LogP contribution in [-0.4, -0.2) is 18.2 Å². The van der Waals surface area contributed by atoms with Crippen LogP contribution < -0.4 is 4.74 Å². The molecule has 0 radical (unpaired) electrons. The molecular weight excluding hydrogens is 240 g/mol. The number of methoxy groups -OCH3 is 1. The molecule has 1 N–H and O–H groups in total. The Bertz CT molecular complexity index is 646. The molecule has 0 amide bonds. The molecule has 3 heteroatoms. The summed E-state index contributed by atoms with van der Waals surface area (Å²) >= 11 is 0. The van der Waals surface area contributed by atoms with Gasteiger partial charge in [0.1, 0.15) is 5.75 Å². The van der Waals surface area contributed by atoms with Crippen LogP contribution in [0.5, 0.6) is 5.75 Å². The van der Waals surface area contributed by atoms with Crippen molar-refractivity contribution in [2.75, 3.05) is 7.11 Å². The topological polar surface area (TPSA) is 46.5 Å². The second-order valence-electron chi connectivity index (χ2n) is 5.03. The maximum atomic E-state index is 11.0. The minimum Gasteiger partial charge on any atom is -0.496 e. The lowest BCUT2D eigenvalue weighted by Crippen LogP contribution is -2.13. The summed E-state index contributed by atoms with van der Waals surface area (Å²) in [6, 6.07) is 10.2. The van der Waals surface area contributed by atoms with E-state index in [-0.39, 0.29) is 12.3 Å². The fourth-order valence-electron chi connectivity index (χ4n) is 3.14. The molecule has 0 heterocycles. The van der Waals surface area contributed by atoms with Gasteiger partial charge in [-0.2, -0.15) is 0 Å². The van der Waals surface area contributed by atoms with Gasteiger partial charge in [0.05, 0.1) is 13.5 Å². The predicted molar refractivity (Wildman–Crippen MR) is 73.8 cm³/mol. The van der Waals surface area contributed by atoms with Gasteiger partial charge in [-0.3, -0.25) is 4.79 Å². The molecule has 0 aliphatic heterocycles. The van der Waals surface area contributed by atoms with Crippen molar-refractivity contribution < 1.29 is 14.6 Å².